The maximum Gasteiger partial charge on any atom is 0.119 e. The van der Waals surface area contributed by atoms with Crippen LogP contribution in [0.25, 0.3) is 0 Å². The van der Waals surface area contributed by atoms with Crippen LogP contribution in [0.2, 0.25) is 0 Å². The van der Waals surface area contributed by atoms with Gasteiger partial charge in [0.25, 0.3) is 0 Å². The smallest absolute Gasteiger partial charge is 0.119 e. The monoisotopic (exact) mass is 235 g/mol. The van der Waals surface area contributed by atoms with E-state index < -0.39 is 0 Å². The molecule has 0 bridgehead atoms. The highest BCUT2D eigenvalue weighted by atomic mass is 16.5. The molecule has 0 aromatic heterocycles. The Kier molecular flexibility index (Phi) is 6.06. The molecule has 0 saturated heterocycles. The van der Waals surface area contributed by atoms with Crippen LogP contribution in [-0.2, 0) is 0 Å². The number of nitrogens with one attached hydrogen (secondary N) is 1. The van der Waals surface area contributed by atoms with Gasteiger partial charge in [-0.3, -0.25) is 0 Å². The third-order valence-corrected chi connectivity index (χ3v) is 2.99. The van der Waals surface area contributed by atoms with Crippen LogP contribution in [0.3, 0.4) is 0 Å². The van der Waals surface area contributed by atoms with Crippen molar-refractivity contribution < 1.29 is 4.74 Å². The molecule has 2 nitrogen and oxygen atoms in total. The first-order valence-corrected chi connectivity index (χ1v) is 6.67. The van der Waals surface area contributed by atoms with E-state index >= 15 is 0 Å². The summed E-state index contributed by atoms with van der Waals surface area (Å²) in [5.74, 6) is 0.964. The molecule has 0 fully saturated rings. The van der Waals surface area contributed by atoms with Crippen molar-refractivity contribution in [2.75, 3.05) is 6.54 Å². The minimum atomic E-state index is 0.288. The molecule has 2 heteroatoms. The molecular formula is C15H25NO. The topological polar surface area (TPSA) is 21.3 Å². The van der Waals surface area contributed by atoms with Crippen molar-refractivity contribution in [3.8, 4) is 5.75 Å². The van der Waals surface area contributed by atoms with Gasteiger partial charge in [-0.15, -0.1) is 0 Å². The Morgan fingerprint density at radius 3 is 2.29 bits per heavy atom. The number of rotatable bonds is 7. The largest absolute Gasteiger partial charge is 0.491 e. The first-order chi connectivity index (χ1) is 8.17. The average molecular weight is 235 g/mol. The van der Waals surface area contributed by atoms with E-state index in [0.717, 1.165) is 18.7 Å². The van der Waals surface area contributed by atoms with Gasteiger partial charge < -0.3 is 10.1 Å². The molecule has 0 aliphatic heterocycles. The van der Waals surface area contributed by atoms with E-state index in [4.69, 9.17) is 4.74 Å². The summed E-state index contributed by atoms with van der Waals surface area (Å²) in [7, 11) is 0. The fourth-order valence-electron chi connectivity index (χ4n) is 1.63. The molecule has 1 N–H and O–H groups in total. The predicted octanol–water partition coefficient (Wildman–Crippen LogP) is 3.92. The van der Waals surface area contributed by atoms with Gasteiger partial charge in [0, 0.05) is 6.04 Å². The summed E-state index contributed by atoms with van der Waals surface area (Å²) in [6.07, 6.45) is 2.49. The number of hydrogen-bond donors (Lipinski definition) is 1. The Morgan fingerprint density at radius 1 is 1.12 bits per heavy atom. The summed E-state index contributed by atoms with van der Waals surface area (Å²) in [6.45, 7) is 9.67. The fourth-order valence-corrected chi connectivity index (χ4v) is 1.63. The molecule has 0 radical (unpaired) electrons. The van der Waals surface area contributed by atoms with E-state index in [1.54, 1.807) is 0 Å². The Labute approximate surface area is 105 Å². The number of hydrogen-bond acceptors (Lipinski definition) is 2. The van der Waals surface area contributed by atoms with Crippen molar-refractivity contribution in [2.45, 2.75) is 52.7 Å². The standard InChI is InChI=1S/C15H25NO/c1-5-11-16-13(4)14-7-9-15(10-8-14)17-12(3)6-2/h7-10,12-13,16H,5-6,11H2,1-4H3/t12-,13-/m1/s1. The molecule has 0 saturated carbocycles. The maximum atomic E-state index is 5.76. The van der Waals surface area contributed by atoms with Gasteiger partial charge in [-0.05, 0) is 50.9 Å². The van der Waals surface area contributed by atoms with Crippen molar-refractivity contribution in [2.24, 2.45) is 0 Å². The zero-order valence-corrected chi connectivity index (χ0v) is 11.5. The summed E-state index contributed by atoms with van der Waals surface area (Å²) in [6, 6.07) is 8.82. The second kappa shape index (κ2) is 7.33. The molecule has 0 aliphatic rings. The molecule has 0 spiro atoms. The minimum Gasteiger partial charge on any atom is -0.491 e. The molecule has 0 amide bonds. The summed E-state index contributed by atoms with van der Waals surface area (Å²) in [4.78, 5) is 0. The van der Waals surface area contributed by atoms with E-state index in [-0.39, 0.29) is 6.10 Å². The summed E-state index contributed by atoms with van der Waals surface area (Å²) < 4.78 is 5.76. The van der Waals surface area contributed by atoms with E-state index in [0.29, 0.717) is 6.04 Å². The van der Waals surface area contributed by atoms with Crippen LogP contribution in [0.15, 0.2) is 24.3 Å². The highest BCUT2D eigenvalue weighted by Gasteiger charge is 2.05. The van der Waals surface area contributed by atoms with E-state index in [1.165, 1.54) is 12.0 Å². The Hall–Kier alpha value is -1.02. The van der Waals surface area contributed by atoms with Crippen LogP contribution < -0.4 is 10.1 Å². The normalized spacial score (nSPS) is 14.4. The van der Waals surface area contributed by atoms with Crippen LogP contribution in [0.5, 0.6) is 5.75 Å². The summed E-state index contributed by atoms with van der Waals surface area (Å²) in [5.41, 5.74) is 1.31. The second-order valence-corrected chi connectivity index (χ2v) is 4.58. The Balaban J connectivity index is 2.54. The van der Waals surface area contributed by atoms with Gasteiger partial charge in [0.15, 0.2) is 0 Å². The highest BCUT2D eigenvalue weighted by Crippen LogP contribution is 2.18. The number of ether oxygens (including phenoxy) is 1. The second-order valence-electron chi connectivity index (χ2n) is 4.58. The molecule has 96 valence electrons. The van der Waals surface area contributed by atoms with Crippen LogP contribution in [0.4, 0.5) is 0 Å². The molecule has 0 unspecified atom stereocenters. The predicted molar refractivity (Wildman–Crippen MR) is 73.5 cm³/mol. The highest BCUT2D eigenvalue weighted by molar-refractivity contribution is 5.29. The van der Waals surface area contributed by atoms with Crippen LogP contribution >= 0.6 is 0 Å². The zero-order valence-electron chi connectivity index (χ0n) is 11.5. The van der Waals surface area contributed by atoms with E-state index in [1.807, 2.05) is 0 Å². The average Bonchev–Trinajstić information content (AvgIpc) is 2.36. The Bertz CT molecular complexity index is 307. The molecule has 1 aromatic carbocycles. The quantitative estimate of drug-likeness (QED) is 0.773. The van der Waals surface area contributed by atoms with Crippen LogP contribution in [0.1, 0.15) is 52.1 Å². The van der Waals surface area contributed by atoms with Crippen molar-refractivity contribution in [3.05, 3.63) is 29.8 Å². The molecule has 0 aliphatic carbocycles. The first-order valence-electron chi connectivity index (χ1n) is 6.67. The van der Waals surface area contributed by atoms with Gasteiger partial charge in [-0.25, -0.2) is 0 Å². The van der Waals surface area contributed by atoms with Gasteiger partial charge in [0.05, 0.1) is 6.10 Å². The molecule has 1 rings (SSSR count). The van der Waals surface area contributed by atoms with Crippen molar-refractivity contribution in [3.63, 3.8) is 0 Å². The summed E-state index contributed by atoms with van der Waals surface area (Å²) in [5, 5.41) is 3.48. The number of benzene rings is 1. The molecule has 0 heterocycles. The molecule has 2 atom stereocenters. The van der Waals surface area contributed by atoms with Gasteiger partial charge >= 0.3 is 0 Å². The van der Waals surface area contributed by atoms with E-state index in [2.05, 4.69) is 57.3 Å². The lowest BCUT2D eigenvalue weighted by atomic mass is 10.1. The molecule has 1 aromatic rings. The lowest BCUT2D eigenvalue weighted by molar-refractivity contribution is 0.217. The van der Waals surface area contributed by atoms with Gasteiger partial charge in [-0.2, -0.15) is 0 Å². The van der Waals surface area contributed by atoms with Gasteiger partial charge in [-0.1, -0.05) is 26.0 Å². The first kappa shape index (κ1) is 14.0. The van der Waals surface area contributed by atoms with Crippen LogP contribution in [0, 0.1) is 0 Å². The molecule has 17 heavy (non-hydrogen) atoms. The zero-order chi connectivity index (χ0) is 12.7. The maximum absolute atomic E-state index is 5.76. The van der Waals surface area contributed by atoms with Crippen molar-refractivity contribution in [1.29, 1.82) is 0 Å². The van der Waals surface area contributed by atoms with Gasteiger partial charge in [0.2, 0.25) is 0 Å². The Morgan fingerprint density at radius 2 is 1.76 bits per heavy atom. The fraction of sp³-hybridized carbons (Fsp3) is 0.600. The van der Waals surface area contributed by atoms with Crippen molar-refractivity contribution in [1.82, 2.24) is 5.32 Å². The lowest BCUT2D eigenvalue weighted by Crippen LogP contribution is -2.19. The van der Waals surface area contributed by atoms with Crippen molar-refractivity contribution >= 4 is 0 Å². The van der Waals surface area contributed by atoms with Crippen LogP contribution in [-0.4, -0.2) is 12.6 Å². The van der Waals surface area contributed by atoms with E-state index in [9.17, 15) is 0 Å². The minimum absolute atomic E-state index is 0.288. The summed E-state index contributed by atoms with van der Waals surface area (Å²) >= 11 is 0. The lowest BCUT2D eigenvalue weighted by Gasteiger charge is -2.16. The SMILES string of the molecule is CCCN[C@H](C)c1ccc(O[C@H](C)CC)cc1. The molecular weight excluding hydrogens is 210 g/mol. The third-order valence-electron chi connectivity index (χ3n) is 2.99. The van der Waals surface area contributed by atoms with Gasteiger partial charge in [0.1, 0.15) is 5.75 Å². The third kappa shape index (κ3) is 4.78.